The van der Waals surface area contributed by atoms with Gasteiger partial charge in [-0.05, 0) is 24.3 Å². The standard InChI is InChI=1S/C12H11NO2/c1-9(14)12-6-3-7-13(12)10-4-2-5-11(15)8-10/h2-8,15H,1H3. The van der Waals surface area contributed by atoms with Crippen molar-refractivity contribution in [1.82, 2.24) is 4.57 Å². The van der Waals surface area contributed by atoms with E-state index in [0.29, 0.717) is 5.69 Å². The van der Waals surface area contributed by atoms with Crippen LogP contribution in [0.4, 0.5) is 0 Å². The van der Waals surface area contributed by atoms with Gasteiger partial charge in [-0.25, -0.2) is 0 Å². The van der Waals surface area contributed by atoms with Crippen molar-refractivity contribution >= 4 is 5.78 Å². The molecular weight excluding hydrogens is 190 g/mol. The first kappa shape index (κ1) is 9.52. The van der Waals surface area contributed by atoms with Crippen LogP contribution in [-0.4, -0.2) is 15.5 Å². The molecule has 0 spiro atoms. The Morgan fingerprint density at radius 2 is 2.07 bits per heavy atom. The third kappa shape index (κ3) is 1.76. The molecule has 0 fully saturated rings. The minimum absolute atomic E-state index is 0.00310. The Morgan fingerprint density at radius 1 is 1.27 bits per heavy atom. The van der Waals surface area contributed by atoms with Gasteiger partial charge in [-0.3, -0.25) is 4.79 Å². The lowest BCUT2D eigenvalue weighted by atomic mass is 10.2. The predicted molar refractivity (Wildman–Crippen MR) is 57.4 cm³/mol. The van der Waals surface area contributed by atoms with E-state index in [4.69, 9.17) is 0 Å². The summed E-state index contributed by atoms with van der Waals surface area (Å²) < 4.78 is 1.75. The van der Waals surface area contributed by atoms with Gasteiger partial charge in [0.25, 0.3) is 0 Å². The second kappa shape index (κ2) is 3.61. The van der Waals surface area contributed by atoms with Gasteiger partial charge in [-0.2, -0.15) is 0 Å². The van der Waals surface area contributed by atoms with Gasteiger partial charge in [-0.15, -0.1) is 0 Å². The number of hydrogen-bond acceptors (Lipinski definition) is 2. The highest BCUT2D eigenvalue weighted by molar-refractivity contribution is 5.93. The first-order valence-electron chi connectivity index (χ1n) is 4.66. The SMILES string of the molecule is CC(=O)c1cccn1-c1cccc(O)c1. The van der Waals surface area contributed by atoms with E-state index in [-0.39, 0.29) is 11.5 Å². The van der Waals surface area contributed by atoms with Crippen LogP contribution in [0.1, 0.15) is 17.4 Å². The summed E-state index contributed by atoms with van der Waals surface area (Å²) in [6.07, 6.45) is 1.80. The Hall–Kier alpha value is -2.03. The summed E-state index contributed by atoms with van der Waals surface area (Å²) >= 11 is 0. The number of carbonyl (C=O) groups excluding carboxylic acids is 1. The molecule has 3 nitrogen and oxygen atoms in total. The van der Waals surface area contributed by atoms with Crippen molar-refractivity contribution in [3.05, 3.63) is 48.3 Å². The van der Waals surface area contributed by atoms with Gasteiger partial charge in [0.15, 0.2) is 5.78 Å². The first-order chi connectivity index (χ1) is 7.18. The second-order valence-electron chi connectivity index (χ2n) is 3.34. The van der Waals surface area contributed by atoms with Crippen LogP contribution in [0.3, 0.4) is 0 Å². The van der Waals surface area contributed by atoms with Gasteiger partial charge in [0, 0.05) is 24.9 Å². The monoisotopic (exact) mass is 201 g/mol. The lowest BCUT2D eigenvalue weighted by Gasteiger charge is -2.06. The number of aromatic hydroxyl groups is 1. The summed E-state index contributed by atoms with van der Waals surface area (Å²) in [4.78, 5) is 11.3. The number of Topliss-reactive ketones (excluding diaryl/α,β-unsaturated/α-hetero) is 1. The van der Waals surface area contributed by atoms with Gasteiger partial charge in [0.1, 0.15) is 5.75 Å². The molecule has 0 bridgehead atoms. The molecule has 0 aliphatic heterocycles. The van der Waals surface area contributed by atoms with Crippen molar-refractivity contribution in [3.8, 4) is 11.4 Å². The number of ketones is 1. The highest BCUT2D eigenvalue weighted by Crippen LogP contribution is 2.17. The summed E-state index contributed by atoms with van der Waals surface area (Å²) in [6.45, 7) is 1.52. The largest absolute Gasteiger partial charge is 0.508 e. The van der Waals surface area contributed by atoms with Crippen LogP contribution in [0.5, 0.6) is 5.75 Å². The van der Waals surface area contributed by atoms with E-state index in [9.17, 15) is 9.90 Å². The average molecular weight is 201 g/mol. The van der Waals surface area contributed by atoms with E-state index in [1.54, 1.807) is 41.1 Å². The zero-order valence-corrected chi connectivity index (χ0v) is 8.34. The van der Waals surface area contributed by atoms with Crippen molar-refractivity contribution in [2.24, 2.45) is 0 Å². The molecule has 0 saturated heterocycles. The second-order valence-corrected chi connectivity index (χ2v) is 3.34. The van der Waals surface area contributed by atoms with E-state index >= 15 is 0 Å². The lowest BCUT2D eigenvalue weighted by molar-refractivity contribution is 0.101. The number of hydrogen-bond donors (Lipinski definition) is 1. The van der Waals surface area contributed by atoms with Gasteiger partial charge >= 0.3 is 0 Å². The number of phenols is 1. The highest BCUT2D eigenvalue weighted by atomic mass is 16.3. The number of rotatable bonds is 2. The number of aromatic nitrogens is 1. The van der Waals surface area contributed by atoms with Crippen LogP contribution in [0, 0.1) is 0 Å². The van der Waals surface area contributed by atoms with Crippen molar-refractivity contribution in [3.63, 3.8) is 0 Å². The minimum Gasteiger partial charge on any atom is -0.508 e. The molecular formula is C12H11NO2. The quantitative estimate of drug-likeness (QED) is 0.758. The number of nitrogens with zero attached hydrogens (tertiary/aromatic N) is 1. The highest BCUT2D eigenvalue weighted by Gasteiger charge is 2.07. The molecule has 0 amide bonds. The fraction of sp³-hybridized carbons (Fsp3) is 0.0833. The Morgan fingerprint density at radius 3 is 2.73 bits per heavy atom. The van der Waals surface area contributed by atoms with Crippen molar-refractivity contribution < 1.29 is 9.90 Å². The van der Waals surface area contributed by atoms with E-state index in [1.807, 2.05) is 6.07 Å². The zero-order valence-electron chi connectivity index (χ0n) is 8.34. The molecule has 2 aromatic rings. The Kier molecular flexibility index (Phi) is 2.29. The predicted octanol–water partition coefficient (Wildman–Crippen LogP) is 2.39. The molecule has 15 heavy (non-hydrogen) atoms. The van der Waals surface area contributed by atoms with Crippen molar-refractivity contribution in [2.75, 3.05) is 0 Å². The van der Waals surface area contributed by atoms with Crippen LogP contribution >= 0.6 is 0 Å². The average Bonchev–Trinajstić information content (AvgIpc) is 2.65. The fourth-order valence-electron chi connectivity index (χ4n) is 1.54. The number of benzene rings is 1. The fourth-order valence-corrected chi connectivity index (χ4v) is 1.54. The Labute approximate surface area is 87.6 Å². The van der Waals surface area contributed by atoms with Crippen LogP contribution in [-0.2, 0) is 0 Å². The molecule has 76 valence electrons. The molecule has 0 saturated carbocycles. The summed E-state index contributed by atoms with van der Waals surface area (Å²) in [6, 6.07) is 10.4. The van der Waals surface area contributed by atoms with Crippen LogP contribution in [0.25, 0.3) is 5.69 Å². The van der Waals surface area contributed by atoms with Gasteiger partial charge in [-0.1, -0.05) is 6.07 Å². The van der Waals surface area contributed by atoms with Crippen LogP contribution in [0.15, 0.2) is 42.6 Å². The maximum absolute atomic E-state index is 11.3. The number of carbonyl (C=O) groups is 1. The Balaban J connectivity index is 2.54. The van der Waals surface area contributed by atoms with E-state index in [1.165, 1.54) is 6.92 Å². The van der Waals surface area contributed by atoms with Gasteiger partial charge in [0.05, 0.1) is 5.69 Å². The molecule has 0 unspecified atom stereocenters. The molecule has 1 heterocycles. The maximum Gasteiger partial charge on any atom is 0.176 e. The van der Waals surface area contributed by atoms with Crippen molar-refractivity contribution in [2.45, 2.75) is 6.92 Å². The Bertz CT molecular complexity index is 500. The summed E-state index contributed by atoms with van der Waals surface area (Å²) in [5, 5.41) is 9.34. The third-order valence-electron chi connectivity index (χ3n) is 2.22. The molecule has 1 aromatic carbocycles. The minimum atomic E-state index is 0.00310. The summed E-state index contributed by atoms with van der Waals surface area (Å²) in [5.41, 5.74) is 1.39. The smallest absolute Gasteiger partial charge is 0.176 e. The van der Waals surface area contributed by atoms with Gasteiger partial charge in [0.2, 0.25) is 0 Å². The third-order valence-corrected chi connectivity index (χ3v) is 2.22. The molecule has 2 rings (SSSR count). The zero-order chi connectivity index (χ0) is 10.8. The van der Waals surface area contributed by atoms with Crippen LogP contribution in [0.2, 0.25) is 0 Å². The molecule has 1 N–H and O–H groups in total. The molecule has 0 atom stereocenters. The first-order valence-corrected chi connectivity index (χ1v) is 4.66. The summed E-state index contributed by atoms with van der Waals surface area (Å²) in [5.74, 6) is 0.194. The molecule has 0 aliphatic carbocycles. The normalized spacial score (nSPS) is 10.2. The van der Waals surface area contributed by atoms with Crippen LogP contribution < -0.4 is 0 Å². The van der Waals surface area contributed by atoms with Crippen molar-refractivity contribution in [1.29, 1.82) is 0 Å². The summed E-state index contributed by atoms with van der Waals surface area (Å²) in [7, 11) is 0. The molecule has 0 radical (unpaired) electrons. The number of phenolic OH excluding ortho intramolecular Hbond substituents is 1. The molecule has 3 heteroatoms. The van der Waals surface area contributed by atoms with E-state index in [2.05, 4.69) is 0 Å². The van der Waals surface area contributed by atoms with E-state index in [0.717, 1.165) is 5.69 Å². The van der Waals surface area contributed by atoms with Gasteiger partial charge < -0.3 is 9.67 Å². The topological polar surface area (TPSA) is 42.2 Å². The maximum atomic E-state index is 11.3. The lowest BCUT2D eigenvalue weighted by Crippen LogP contribution is -2.02. The molecule has 0 aliphatic rings. The van der Waals surface area contributed by atoms with E-state index < -0.39 is 0 Å². The molecule has 1 aromatic heterocycles.